The van der Waals surface area contributed by atoms with Gasteiger partial charge in [0.15, 0.2) is 9.84 Å². The normalized spacial score (nSPS) is 26.9. The maximum absolute atomic E-state index is 12.4. The SMILES string of the molecule is CC(C)[C@H](N)C(=O)NCC(=O)N1CCS(=O)(=O)C2CCCCC21.Cl. The maximum atomic E-state index is 12.4. The fourth-order valence-electron chi connectivity index (χ4n) is 3.39. The first-order valence-corrected chi connectivity index (χ1v) is 10.00. The van der Waals surface area contributed by atoms with Gasteiger partial charge in [0.05, 0.1) is 23.6 Å². The van der Waals surface area contributed by atoms with Crippen LogP contribution in [0.4, 0.5) is 0 Å². The lowest BCUT2D eigenvalue weighted by Crippen LogP contribution is -2.59. The summed E-state index contributed by atoms with van der Waals surface area (Å²) in [7, 11) is -3.11. The van der Waals surface area contributed by atoms with Crippen LogP contribution in [0.5, 0.6) is 0 Å². The molecule has 2 fully saturated rings. The number of hydrogen-bond acceptors (Lipinski definition) is 5. The molecule has 1 saturated heterocycles. The molecular formula is C15H28ClN3O4S. The quantitative estimate of drug-likeness (QED) is 0.716. The molecular weight excluding hydrogens is 354 g/mol. The van der Waals surface area contributed by atoms with Crippen molar-refractivity contribution >= 4 is 34.1 Å². The fourth-order valence-corrected chi connectivity index (χ4v) is 5.43. The number of fused-ring (bicyclic) bond motifs is 1. The van der Waals surface area contributed by atoms with Crippen molar-refractivity contribution in [3.05, 3.63) is 0 Å². The van der Waals surface area contributed by atoms with E-state index in [-0.39, 0.29) is 55.0 Å². The van der Waals surface area contributed by atoms with Crippen molar-refractivity contribution in [2.24, 2.45) is 11.7 Å². The van der Waals surface area contributed by atoms with Crippen LogP contribution in [0, 0.1) is 5.92 Å². The number of rotatable bonds is 4. The van der Waals surface area contributed by atoms with E-state index in [1.165, 1.54) is 0 Å². The lowest BCUT2D eigenvalue weighted by Gasteiger charge is -2.43. The van der Waals surface area contributed by atoms with Crippen molar-refractivity contribution < 1.29 is 18.0 Å². The average Bonchev–Trinajstić information content (AvgIpc) is 2.51. The number of carbonyl (C=O) groups excluding carboxylic acids is 2. The number of nitrogens with zero attached hydrogens (tertiary/aromatic N) is 1. The topological polar surface area (TPSA) is 110 Å². The van der Waals surface area contributed by atoms with E-state index in [9.17, 15) is 18.0 Å². The predicted molar refractivity (Wildman–Crippen MR) is 94.6 cm³/mol. The van der Waals surface area contributed by atoms with Crippen molar-refractivity contribution in [1.82, 2.24) is 10.2 Å². The highest BCUT2D eigenvalue weighted by atomic mass is 35.5. The Balaban J connectivity index is 0.00000288. The Morgan fingerprint density at radius 2 is 1.88 bits per heavy atom. The number of halogens is 1. The van der Waals surface area contributed by atoms with Gasteiger partial charge >= 0.3 is 0 Å². The van der Waals surface area contributed by atoms with Gasteiger partial charge in [0.1, 0.15) is 0 Å². The summed E-state index contributed by atoms with van der Waals surface area (Å²) < 4.78 is 24.4. The van der Waals surface area contributed by atoms with E-state index in [0.717, 1.165) is 19.3 Å². The minimum Gasteiger partial charge on any atom is -0.346 e. The third-order valence-electron chi connectivity index (χ3n) is 4.90. The second kappa shape index (κ2) is 8.49. The van der Waals surface area contributed by atoms with Crippen molar-refractivity contribution in [2.45, 2.75) is 56.9 Å². The number of hydrogen-bond donors (Lipinski definition) is 2. The highest BCUT2D eigenvalue weighted by Gasteiger charge is 2.44. The zero-order valence-corrected chi connectivity index (χ0v) is 15.9. The molecule has 140 valence electrons. The number of nitrogens with two attached hydrogens (primary N) is 1. The molecule has 24 heavy (non-hydrogen) atoms. The van der Waals surface area contributed by atoms with E-state index in [1.54, 1.807) is 4.90 Å². The van der Waals surface area contributed by atoms with Crippen molar-refractivity contribution in [1.29, 1.82) is 0 Å². The van der Waals surface area contributed by atoms with Gasteiger partial charge in [-0.3, -0.25) is 9.59 Å². The number of sulfone groups is 1. The fraction of sp³-hybridized carbons (Fsp3) is 0.867. The van der Waals surface area contributed by atoms with E-state index < -0.39 is 21.1 Å². The van der Waals surface area contributed by atoms with Gasteiger partial charge in [-0.05, 0) is 18.8 Å². The van der Waals surface area contributed by atoms with Crippen molar-refractivity contribution in [3.63, 3.8) is 0 Å². The van der Waals surface area contributed by atoms with Crippen LogP contribution in [0.15, 0.2) is 0 Å². The summed E-state index contributed by atoms with van der Waals surface area (Å²) in [5.41, 5.74) is 5.75. The Labute approximate surface area is 150 Å². The molecule has 3 N–H and O–H groups in total. The molecule has 0 aromatic carbocycles. The van der Waals surface area contributed by atoms with Crippen LogP contribution in [0.2, 0.25) is 0 Å². The van der Waals surface area contributed by atoms with Gasteiger partial charge in [-0.1, -0.05) is 26.7 Å². The van der Waals surface area contributed by atoms with Gasteiger partial charge in [0.25, 0.3) is 0 Å². The van der Waals surface area contributed by atoms with Gasteiger partial charge in [-0.2, -0.15) is 0 Å². The molecule has 1 saturated carbocycles. The van der Waals surface area contributed by atoms with Crippen LogP contribution < -0.4 is 11.1 Å². The van der Waals surface area contributed by atoms with Gasteiger partial charge in [-0.15, -0.1) is 12.4 Å². The van der Waals surface area contributed by atoms with Gasteiger partial charge < -0.3 is 16.0 Å². The number of carbonyl (C=O) groups is 2. The Morgan fingerprint density at radius 3 is 2.50 bits per heavy atom. The molecule has 0 bridgehead atoms. The van der Waals surface area contributed by atoms with Crippen LogP contribution in [0.3, 0.4) is 0 Å². The van der Waals surface area contributed by atoms with Gasteiger partial charge in [-0.25, -0.2) is 8.42 Å². The molecule has 7 nitrogen and oxygen atoms in total. The first kappa shape index (κ1) is 21.2. The Bertz CT molecular complexity index is 567. The first-order valence-electron chi connectivity index (χ1n) is 8.28. The lowest BCUT2D eigenvalue weighted by molar-refractivity contribution is -0.135. The second-order valence-electron chi connectivity index (χ2n) is 6.83. The molecule has 0 radical (unpaired) electrons. The summed E-state index contributed by atoms with van der Waals surface area (Å²) in [6, 6.07) is -0.891. The largest absolute Gasteiger partial charge is 0.346 e. The summed E-state index contributed by atoms with van der Waals surface area (Å²) in [5, 5.41) is 2.13. The van der Waals surface area contributed by atoms with Gasteiger partial charge in [0, 0.05) is 12.6 Å². The summed E-state index contributed by atoms with van der Waals surface area (Å²) >= 11 is 0. The van der Waals surface area contributed by atoms with Crippen molar-refractivity contribution in [2.75, 3.05) is 18.8 Å². The molecule has 0 aromatic rings. The Kier molecular flexibility index (Phi) is 7.49. The smallest absolute Gasteiger partial charge is 0.242 e. The first-order chi connectivity index (χ1) is 10.7. The highest BCUT2D eigenvalue weighted by molar-refractivity contribution is 7.92. The number of nitrogens with one attached hydrogen (secondary N) is 1. The highest BCUT2D eigenvalue weighted by Crippen LogP contribution is 2.32. The average molecular weight is 382 g/mol. The molecule has 1 aliphatic carbocycles. The third kappa shape index (κ3) is 4.61. The predicted octanol–water partition coefficient (Wildman–Crippen LogP) is 0.0759. The van der Waals surface area contributed by atoms with E-state index in [0.29, 0.717) is 6.42 Å². The van der Waals surface area contributed by atoms with Crippen LogP contribution >= 0.6 is 12.4 Å². The minimum atomic E-state index is -3.11. The molecule has 2 aliphatic rings. The zero-order valence-electron chi connectivity index (χ0n) is 14.2. The standard InChI is InChI=1S/C15H27N3O4S.ClH/c1-10(2)14(16)15(20)17-9-13(19)18-7-8-23(21,22)12-6-4-3-5-11(12)18;/h10-12,14H,3-9,16H2,1-2H3,(H,17,20);1H/t11?,12?,14-;/m0./s1. The molecule has 2 rings (SSSR count). The molecule has 1 aliphatic heterocycles. The number of amides is 2. The summed E-state index contributed by atoms with van der Waals surface area (Å²) in [6.07, 6.45) is 3.17. The third-order valence-corrected chi connectivity index (χ3v) is 7.13. The van der Waals surface area contributed by atoms with Gasteiger partial charge in [0.2, 0.25) is 11.8 Å². The Morgan fingerprint density at radius 1 is 1.25 bits per heavy atom. The van der Waals surface area contributed by atoms with Crippen LogP contribution in [-0.2, 0) is 19.4 Å². The molecule has 2 unspecified atom stereocenters. The second-order valence-corrected chi connectivity index (χ2v) is 9.17. The van der Waals surface area contributed by atoms with E-state index in [1.807, 2.05) is 13.8 Å². The zero-order chi connectivity index (χ0) is 17.2. The summed E-state index contributed by atoms with van der Waals surface area (Å²) in [4.78, 5) is 25.9. The maximum Gasteiger partial charge on any atom is 0.242 e. The minimum absolute atomic E-state index is 0. The monoisotopic (exact) mass is 381 g/mol. The molecule has 2 amide bonds. The summed E-state index contributed by atoms with van der Waals surface area (Å²) in [6.45, 7) is 3.78. The van der Waals surface area contributed by atoms with E-state index >= 15 is 0 Å². The van der Waals surface area contributed by atoms with Crippen LogP contribution in [-0.4, -0.2) is 61.3 Å². The van der Waals surface area contributed by atoms with Crippen molar-refractivity contribution in [3.8, 4) is 0 Å². The molecule has 0 spiro atoms. The van der Waals surface area contributed by atoms with E-state index in [2.05, 4.69) is 5.32 Å². The Hall–Kier alpha value is -0.860. The van der Waals surface area contributed by atoms with Crippen LogP contribution in [0.1, 0.15) is 39.5 Å². The molecule has 0 aromatic heterocycles. The molecule has 3 atom stereocenters. The lowest BCUT2D eigenvalue weighted by atomic mass is 9.93. The molecule has 1 heterocycles. The summed E-state index contributed by atoms with van der Waals surface area (Å²) in [5.74, 6) is -0.563. The molecule has 9 heteroatoms. The van der Waals surface area contributed by atoms with Crippen LogP contribution in [0.25, 0.3) is 0 Å². The van der Waals surface area contributed by atoms with E-state index in [4.69, 9.17) is 5.73 Å².